The molecule has 0 atom stereocenters. The van der Waals surface area contributed by atoms with Crippen LogP contribution in [0.1, 0.15) is 20.8 Å². The summed E-state index contributed by atoms with van der Waals surface area (Å²) in [5, 5.41) is 8.12. The van der Waals surface area contributed by atoms with Crippen LogP contribution < -0.4 is 0 Å². The number of hydrogen-bond donors (Lipinski definition) is 1. The maximum absolute atomic E-state index is 10.6. The van der Waals surface area contributed by atoms with Crippen molar-refractivity contribution in [3.8, 4) is 0 Å². The van der Waals surface area contributed by atoms with E-state index in [0.29, 0.717) is 0 Å². The summed E-state index contributed by atoms with van der Waals surface area (Å²) in [6.45, 7) is 4.25. The van der Waals surface area contributed by atoms with E-state index in [4.69, 9.17) is 5.11 Å². The first-order valence-electron chi connectivity index (χ1n) is 3.55. The second-order valence-electron chi connectivity index (χ2n) is 3.21. The molecule has 0 heterocycles. The summed E-state index contributed by atoms with van der Waals surface area (Å²) in [6, 6.07) is 0. The molecular weight excluding hydrogens is 180 g/mol. The molecule has 0 aromatic rings. The molecule has 0 aromatic carbocycles. The molecule has 0 aliphatic rings. The molecule has 0 bridgehead atoms. The van der Waals surface area contributed by atoms with Gasteiger partial charge in [-0.2, -0.15) is 4.89 Å². The molecular formula is C7H12O6. The number of carboxylic acids is 1. The highest BCUT2D eigenvalue weighted by molar-refractivity contribution is 5.71. The topological polar surface area (TPSA) is 82.1 Å². The van der Waals surface area contributed by atoms with Crippen LogP contribution in [0.15, 0.2) is 0 Å². The van der Waals surface area contributed by atoms with Gasteiger partial charge < -0.3 is 9.84 Å². The molecule has 0 amide bonds. The van der Waals surface area contributed by atoms with E-state index in [1.165, 1.54) is 0 Å². The Hall–Kier alpha value is -1.30. The summed E-state index contributed by atoms with van der Waals surface area (Å²) >= 11 is 0. The lowest BCUT2D eigenvalue weighted by atomic mass is 10.2. The van der Waals surface area contributed by atoms with Crippen LogP contribution in [0.3, 0.4) is 0 Å². The highest BCUT2D eigenvalue weighted by atomic mass is 17.2. The van der Waals surface area contributed by atoms with E-state index in [0.717, 1.165) is 0 Å². The SMILES string of the molecule is CC(C)(C)OOC(=O)OCC(=O)O. The summed E-state index contributed by atoms with van der Waals surface area (Å²) in [6.07, 6.45) is -1.17. The molecule has 0 unspecified atom stereocenters. The van der Waals surface area contributed by atoms with Crippen LogP contribution in [0, 0.1) is 0 Å². The van der Waals surface area contributed by atoms with Gasteiger partial charge in [0.2, 0.25) is 0 Å². The Balaban J connectivity index is 3.58. The second kappa shape index (κ2) is 4.66. The lowest BCUT2D eigenvalue weighted by Gasteiger charge is -2.15. The van der Waals surface area contributed by atoms with E-state index < -0.39 is 24.3 Å². The number of carbonyl (C=O) groups excluding carboxylic acids is 1. The summed E-state index contributed by atoms with van der Waals surface area (Å²) < 4.78 is 4.11. The van der Waals surface area contributed by atoms with Crippen LogP contribution >= 0.6 is 0 Å². The van der Waals surface area contributed by atoms with Crippen LogP contribution in [-0.2, 0) is 19.3 Å². The van der Waals surface area contributed by atoms with E-state index in [2.05, 4.69) is 14.5 Å². The van der Waals surface area contributed by atoms with Gasteiger partial charge in [-0.05, 0) is 20.8 Å². The molecule has 0 aliphatic heterocycles. The van der Waals surface area contributed by atoms with E-state index in [1.807, 2.05) is 0 Å². The molecule has 0 spiro atoms. The standard InChI is InChI=1S/C7H12O6/c1-7(2,3)13-12-6(10)11-4-5(8)9/h4H2,1-3H3,(H,8,9). The average Bonchev–Trinajstić information content (AvgIpc) is 1.95. The number of aliphatic carboxylic acids is 1. The van der Waals surface area contributed by atoms with Crippen molar-refractivity contribution in [3.63, 3.8) is 0 Å². The third-order valence-electron chi connectivity index (χ3n) is 0.673. The van der Waals surface area contributed by atoms with Crippen LogP contribution in [0.2, 0.25) is 0 Å². The van der Waals surface area contributed by atoms with Gasteiger partial charge in [0.15, 0.2) is 6.61 Å². The van der Waals surface area contributed by atoms with Crippen LogP contribution in [0.4, 0.5) is 4.79 Å². The van der Waals surface area contributed by atoms with Gasteiger partial charge in [0.25, 0.3) is 0 Å². The highest BCUT2D eigenvalue weighted by Crippen LogP contribution is 2.07. The van der Waals surface area contributed by atoms with Gasteiger partial charge in [0.05, 0.1) is 0 Å². The van der Waals surface area contributed by atoms with E-state index in [1.54, 1.807) is 20.8 Å². The zero-order valence-corrected chi connectivity index (χ0v) is 7.70. The molecule has 0 rings (SSSR count). The largest absolute Gasteiger partial charge is 0.541 e. The molecule has 0 aliphatic carbocycles. The molecule has 0 radical (unpaired) electrons. The third-order valence-corrected chi connectivity index (χ3v) is 0.673. The van der Waals surface area contributed by atoms with Crippen LogP contribution in [-0.4, -0.2) is 29.4 Å². The summed E-state index contributed by atoms with van der Waals surface area (Å²) in [7, 11) is 0. The van der Waals surface area contributed by atoms with Crippen molar-refractivity contribution in [2.75, 3.05) is 6.61 Å². The van der Waals surface area contributed by atoms with Crippen molar-refractivity contribution in [3.05, 3.63) is 0 Å². The Morgan fingerprint density at radius 2 is 1.85 bits per heavy atom. The Kier molecular flexibility index (Phi) is 4.19. The number of carboxylic acid groups (broad SMARTS) is 1. The number of hydrogen-bond acceptors (Lipinski definition) is 5. The predicted octanol–water partition coefficient (Wildman–Crippen LogP) is 0.954. The van der Waals surface area contributed by atoms with Crippen molar-refractivity contribution in [2.45, 2.75) is 26.4 Å². The van der Waals surface area contributed by atoms with Gasteiger partial charge in [-0.15, -0.1) is 0 Å². The fraction of sp³-hybridized carbons (Fsp3) is 0.714. The van der Waals surface area contributed by atoms with Crippen molar-refractivity contribution >= 4 is 12.1 Å². The first-order valence-corrected chi connectivity index (χ1v) is 3.55. The maximum atomic E-state index is 10.6. The maximum Gasteiger partial charge on any atom is 0.541 e. The Morgan fingerprint density at radius 3 is 2.23 bits per heavy atom. The predicted molar refractivity (Wildman–Crippen MR) is 40.9 cm³/mol. The first kappa shape index (κ1) is 11.7. The number of rotatable bonds is 3. The lowest BCUT2D eigenvalue weighted by molar-refractivity contribution is -0.311. The first-order chi connectivity index (χ1) is 5.81. The normalized spacial score (nSPS) is 10.7. The fourth-order valence-corrected chi connectivity index (χ4v) is 0.304. The zero-order chi connectivity index (χ0) is 10.5. The molecule has 0 aromatic heterocycles. The van der Waals surface area contributed by atoms with Gasteiger partial charge in [0, 0.05) is 0 Å². The molecule has 76 valence electrons. The van der Waals surface area contributed by atoms with Gasteiger partial charge in [0.1, 0.15) is 5.60 Å². The summed E-state index contributed by atoms with van der Waals surface area (Å²) in [5.41, 5.74) is -0.651. The molecule has 6 heteroatoms. The molecule has 0 saturated carbocycles. The molecule has 13 heavy (non-hydrogen) atoms. The monoisotopic (exact) mass is 192 g/mol. The van der Waals surface area contributed by atoms with Gasteiger partial charge in [-0.3, -0.25) is 4.89 Å². The number of carbonyl (C=O) groups is 2. The minimum Gasteiger partial charge on any atom is -0.479 e. The van der Waals surface area contributed by atoms with Gasteiger partial charge in [-0.1, -0.05) is 0 Å². The summed E-state index contributed by atoms with van der Waals surface area (Å²) in [5.74, 6) is -1.26. The van der Waals surface area contributed by atoms with Gasteiger partial charge >= 0.3 is 12.1 Å². The van der Waals surface area contributed by atoms with E-state index in [-0.39, 0.29) is 0 Å². The molecule has 1 N–H and O–H groups in total. The fourth-order valence-electron chi connectivity index (χ4n) is 0.304. The van der Waals surface area contributed by atoms with Crippen molar-refractivity contribution in [2.24, 2.45) is 0 Å². The molecule has 0 saturated heterocycles. The Morgan fingerprint density at radius 1 is 1.31 bits per heavy atom. The lowest BCUT2D eigenvalue weighted by Crippen LogP contribution is -2.23. The second-order valence-corrected chi connectivity index (χ2v) is 3.21. The molecule has 6 nitrogen and oxygen atoms in total. The van der Waals surface area contributed by atoms with Crippen LogP contribution in [0.25, 0.3) is 0 Å². The Labute approximate surface area is 75.3 Å². The Bertz CT molecular complexity index is 192. The number of ether oxygens (including phenoxy) is 1. The summed E-state index contributed by atoms with van der Waals surface area (Å²) in [4.78, 5) is 29.2. The quantitative estimate of drug-likeness (QED) is 0.407. The minimum absolute atomic E-state index is 0.651. The van der Waals surface area contributed by atoms with Crippen molar-refractivity contribution in [1.82, 2.24) is 0 Å². The molecule has 0 fully saturated rings. The minimum atomic E-state index is -1.26. The van der Waals surface area contributed by atoms with Crippen molar-refractivity contribution < 1.29 is 29.2 Å². The van der Waals surface area contributed by atoms with E-state index >= 15 is 0 Å². The zero-order valence-electron chi connectivity index (χ0n) is 7.70. The average molecular weight is 192 g/mol. The highest BCUT2D eigenvalue weighted by Gasteiger charge is 2.16. The van der Waals surface area contributed by atoms with Crippen LogP contribution in [0.5, 0.6) is 0 Å². The van der Waals surface area contributed by atoms with Crippen molar-refractivity contribution in [1.29, 1.82) is 0 Å². The van der Waals surface area contributed by atoms with E-state index in [9.17, 15) is 9.59 Å². The smallest absolute Gasteiger partial charge is 0.479 e. The third kappa shape index (κ3) is 8.61. The van der Waals surface area contributed by atoms with Gasteiger partial charge in [-0.25, -0.2) is 9.59 Å².